The van der Waals surface area contributed by atoms with Crippen molar-refractivity contribution in [3.63, 3.8) is 0 Å². The molecule has 9 nitrogen and oxygen atoms in total. The number of aliphatic imine (C=N–C) groups is 1. The standard InChI is InChI=1S/C31H37N7O2S/c1-36(2)21-5-7-37(8-6-21)26-10-20-14-32-13-19(20)9-25(26)35-29-28-24-4-3-18(11-27(24)41-30(28)34-17-33-29)31(39)38-15-23-12-22(38)16-40-23/h9-10,13,17-18,21-23H,3-8,11-12,14-16H2,1-2H3,(H,33,34,35)/t18-,22-,23-/m0/s1. The maximum absolute atomic E-state index is 13.5. The lowest BCUT2D eigenvalue weighted by molar-refractivity contribution is -0.140. The number of aromatic nitrogens is 2. The zero-order valence-electron chi connectivity index (χ0n) is 23.8. The summed E-state index contributed by atoms with van der Waals surface area (Å²) >= 11 is 1.74. The second-order valence-electron chi connectivity index (χ2n) is 12.5. The van der Waals surface area contributed by atoms with Crippen LogP contribution in [0.4, 0.5) is 17.2 Å². The SMILES string of the molecule is CN(C)C1CCN(c2cc3c(cc2Nc2ncnc4sc5c(c24)CC[C@H](C(=O)N2C[C@@H]4C[C@H]2CO4)C5)C=NC3)CC1. The van der Waals surface area contributed by atoms with Crippen molar-refractivity contribution in [2.75, 3.05) is 50.6 Å². The molecule has 2 aromatic heterocycles. The van der Waals surface area contributed by atoms with Gasteiger partial charge in [-0.1, -0.05) is 0 Å². The number of ether oxygens (including phenoxy) is 1. The molecular weight excluding hydrogens is 534 g/mol. The van der Waals surface area contributed by atoms with Gasteiger partial charge < -0.3 is 24.8 Å². The number of piperidine rings is 1. The fourth-order valence-electron chi connectivity index (χ4n) is 7.58. The number of rotatable bonds is 5. The third kappa shape index (κ3) is 4.42. The fourth-order valence-corrected chi connectivity index (χ4v) is 8.85. The number of likely N-dealkylation sites (tertiary alicyclic amines) is 1. The summed E-state index contributed by atoms with van der Waals surface area (Å²) in [6, 6.07) is 5.48. The molecule has 3 fully saturated rings. The van der Waals surface area contributed by atoms with Crippen LogP contribution in [0.1, 0.15) is 47.3 Å². The number of amides is 1. The molecule has 1 N–H and O–H groups in total. The lowest BCUT2D eigenvalue weighted by Gasteiger charge is -2.37. The minimum absolute atomic E-state index is 0.0481. The van der Waals surface area contributed by atoms with Crippen molar-refractivity contribution in [1.29, 1.82) is 0 Å². The highest BCUT2D eigenvalue weighted by atomic mass is 32.1. The maximum atomic E-state index is 13.5. The van der Waals surface area contributed by atoms with Gasteiger partial charge in [0.25, 0.3) is 0 Å². The van der Waals surface area contributed by atoms with E-state index in [2.05, 4.69) is 56.2 Å². The van der Waals surface area contributed by atoms with Crippen LogP contribution in [-0.4, -0.2) is 90.4 Å². The van der Waals surface area contributed by atoms with E-state index in [4.69, 9.17) is 9.72 Å². The first-order chi connectivity index (χ1) is 20.0. The number of carbonyl (C=O) groups excluding carboxylic acids is 1. The zero-order chi connectivity index (χ0) is 27.7. The second kappa shape index (κ2) is 10.0. The highest BCUT2D eigenvalue weighted by Crippen LogP contribution is 2.43. The van der Waals surface area contributed by atoms with Crippen molar-refractivity contribution < 1.29 is 9.53 Å². The quantitative estimate of drug-likeness (QED) is 0.496. The number of morpholine rings is 1. The molecule has 8 rings (SSSR count). The van der Waals surface area contributed by atoms with E-state index in [1.165, 1.54) is 27.3 Å². The Bertz CT molecular complexity index is 1540. The van der Waals surface area contributed by atoms with Crippen LogP contribution in [0, 0.1) is 5.92 Å². The summed E-state index contributed by atoms with van der Waals surface area (Å²) in [6.07, 6.45) is 9.77. The average molecular weight is 572 g/mol. The van der Waals surface area contributed by atoms with Gasteiger partial charge in [0.2, 0.25) is 5.91 Å². The number of fused-ring (bicyclic) bond motifs is 6. The summed E-state index contributed by atoms with van der Waals surface area (Å²) in [4.78, 5) is 36.8. The molecule has 0 spiro atoms. The highest BCUT2D eigenvalue weighted by molar-refractivity contribution is 7.19. The van der Waals surface area contributed by atoms with Crippen molar-refractivity contribution >= 4 is 50.9 Å². The number of hydrogen-bond donors (Lipinski definition) is 1. The Hall–Kier alpha value is -3.08. The van der Waals surface area contributed by atoms with Gasteiger partial charge in [0.05, 0.1) is 42.1 Å². The van der Waals surface area contributed by atoms with Gasteiger partial charge in [0.1, 0.15) is 17.0 Å². The molecule has 3 saturated heterocycles. The number of nitrogens with zero attached hydrogens (tertiary/aromatic N) is 6. The van der Waals surface area contributed by atoms with Crippen LogP contribution in [0.25, 0.3) is 10.2 Å². The molecule has 3 atom stereocenters. The molecule has 1 aromatic carbocycles. The molecule has 41 heavy (non-hydrogen) atoms. The van der Waals surface area contributed by atoms with Crippen molar-refractivity contribution in [3.8, 4) is 0 Å². The molecule has 4 aliphatic heterocycles. The Morgan fingerprint density at radius 1 is 1.17 bits per heavy atom. The first-order valence-electron chi connectivity index (χ1n) is 15.0. The van der Waals surface area contributed by atoms with E-state index in [0.29, 0.717) is 18.6 Å². The minimum atomic E-state index is 0.0481. The van der Waals surface area contributed by atoms with Crippen LogP contribution in [0.3, 0.4) is 0 Å². The van der Waals surface area contributed by atoms with Crippen LogP contribution in [0.5, 0.6) is 0 Å². The first kappa shape index (κ1) is 25.6. The van der Waals surface area contributed by atoms with Gasteiger partial charge in [-0.25, -0.2) is 9.97 Å². The Labute approximate surface area is 244 Å². The summed E-state index contributed by atoms with van der Waals surface area (Å²) in [5.74, 6) is 1.23. The Morgan fingerprint density at radius 2 is 2.05 bits per heavy atom. The Morgan fingerprint density at radius 3 is 2.83 bits per heavy atom. The van der Waals surface area contributed by atoms with Gasteiger partial charge in [0.15, 0.2) is 0 Å². The molecule has 2 bridgehead atoms. The van der Waals surface area contributed by atoms with Gasteiger partial charge >= 0.3 is 0 Å². The van der Waals surface area contributed by atoms with Crippen molar-refractivity contribution in [2.45, 2.75) is 63.3 Å². The minimum Gasteiger partial charge on any atom is -0.374 e. The third-order valence-corrected chi connectivity index (χ3v) is 11.1. The maximum Gasteiger partial charge on any atom is 0.226 e. The van der Waals surface area contributed by atoms with E-state index in [1.54, 1.807) is 17.7 Å². The number of nitrogens with one attached hydrogen (secondary N) is 1. The molecule has 214 valence electrons. The van der Waals surface area contributed by atoms with E-state index in [9.17, 15) is 4.79 Å². The van der Waals surface area contributed by atoms with Crippen LogP contribution in [0.2, 0.25) is 0 Å². The molecule has 0 saturated carbocycles. The van der Waals surface area contributed by atoms with E-state index in [1.807, 2.05) is 6.21 Å². The lowest BCUT2D eigenvalue weighted by Crippen LogP contribution is -2.45. The smallest absolute Gasteiger partial charge is 0.226 e. The van der Waals surface area contributed by atoms with Crippen molar-refractivity contribution in [3.05, 3.63) is 40.0 Å². The van der Waals surface area contributed by atoms with Gasteiger partial charge in [-0.15, -0.1) is 11.3 Å². The van der Waals surface area contributed by atoms with E-state index in [-0.39, 0.29) is 18.1 Å². The molecule has 1 aliphatic carbocycles. The topological polar surface area (TPSA) is 86.2 Å². The summed E-state index contributed by atoms with van der Waals surface area (Å²) in [7, 11) is 4.37. The van der Waals surface area contributed by atoms with E-state index < -0.39 is 0 Å². The molecule has 0 unspecified atom stereocenters. The Balaban J connectivity index is 1.09. The van der Waals surface area contributed by atoms with Gasteiger partial charge in [-0.05, 0) is 81.4 Å². The lowest BCUT2D eigenvalue weighted by atomic mass is 9.86. The highest BCUT2D eigenvalue weighted by Gasteiger charge is 2.44. The van der Waals surface area contributed by atoms with Crippen LogP contribution < -0.4 is 10.2 Å². The zero-order valence-corrected chi connectivity index (χ0v) is 24.6. The Kier molecular flexibility index (Phi) is 6.27. The summed E-state index contributed by atoms with van der Waals surface area (Å²) in [5, 5.41) is 4.89. The molecule has 1 amide bonds. The molecule has 10 heteroatoms. The van der Waals surface area contributed by atoms with Crippen molar-refractivity contribution in [1.82, 2.24) is 19.8 Å². The number of anilines is 3. The second-order valence-corrected chi connectivity index (χ2v) is 13.6. The summed E-state index contributed by atoms with van der Waals surface area (Å²) in [6.45, 7) is 4.28. The van der Waals surface area contributed by atoms with E-state index in [0.717, 1.165) is 86.4 Å². The average Bonchev–Trinajstić information content (AvgIpc) is 3.79. The van der Waals surface area contributed by atoms with Gasteiger partial charge in [-0.2, -0.15) is 0 Å². The molecule has 6 heterocycles. The predicted octanol–water partition coefficient (Wildman–Crippen LogP) is 4.00. The first-order valence-corrected chi connectivity index (χ1v) is 15.9. The number of thiophene rings is 1. The largest absolute Gasteiger partial charge is 0.374 e. The number of hydrogen-bond acceptors (Lipinski definition) is 9. The number of carbonyl (C=O) groups is 1. The van der Waals surface area contributed by atoms with E-state index >= 15 is 0 Å². The molecule has 5 aliphatic rings. The van der Waals surface area contributed by atoms with Crippen LogP contribution in [0.15, 0.2) is 23.5 Å². The summed E-state index contributed by atoms with van der Waals surface area (Å²) in [5.41, 5.74) is 6.10. The number of aryl methyl sites for hydroxylation is 1. The third-order valence-electron chi connectivity index (χ3n) is 9.92. The summed E-state index contributed by atoms with van der Waals surface area (Å²) < 4.78 is 5.74. The normalized spacial score (nSPS) is 25.4. The van der Waals surface area contributed by atoms with Crippen LogP contribution >= 0.6 is 11.3 Å². The molecule has 0 radical (unpaired) electrons. The fraction of sp³-hybridized carbons (Fsp3) is 0.548. The van der Waals surface area contributed by atoms with Gasteiger partial charge in [0, 0.05) is 42.7 Å². The van der Waals surface area contributed by atoms with Crippen LogP contribution in [-0.2, 0) is 28.9 Å². The monoisotopic (exact) mass is 571 g/mol. The van der Waals surface area contributed by atoms with Crippen molar-refractivity contribution in [2.24, 2.45) is 10.9 Å². The van der Waals surface area contributed by atoms with Gasteiger partial charge in [-0.3, -0.25) is 9.79 Å². The molecular formula is C31H37N7O2S. The predicted molar refractivity (Wildman–Crippen MR) is 163 cm³/mol. The number of benzene rings is 1. The molecule has 3 aromatic rings.